The number of aliphatic hydroxyl groups is 1. The SMILES string of the molecule is CCNc1ccc(C(=O)N2CCC(C)(O)CC2)cc1. The van der Waals surface area contributed by atoms with Crippen LogP contribution in [-0.2, 0) is 0 Å². The topological polar surface area (TPSA) is 52.6 Å². The van der Waals surface area contributed by atoms with Gasteiger partial charge in [0.25, 0.3) is 5.91 Å². The van der Waals surface area contributed by atoms with Crippen molar-refractivity contribution in [3.05, 3.63) is 29.8 Å². The molecule has 1 aromatic rings. The van der Waals surface area contributed by atoms with Crippen LogP contribution in [0.5, 0.6) is 0 Å². The third-order valence-electron chi connectivity index (χ3n) is 3.64. The quantitative estimate of drug-likeness (QED) is 0.877. The number of piperidine rings is 1. The molecule has 1 aliphatic rings. The fourth-order valence-electron chi connectivity index (χ4n) is 2.31. The number of anilines is 1. The summed E-state index contributed by atoms with van der Waals surface area (Å²) in [7, 11) is 0. The summed E-state index contributed by atoms with van der Waals surface area (Å²) in [5.74, 6) is 0.0542. The van der Waals surface area contributed by atoms with Crippen LogP contribution in [-0.4, -0.2) is 41.1 Å². The predicted octanol–water partition coefficient (Wildman–Crippen LogP) is 2.11. The number of carbonyl (C=O) groups excluding carboxylic acids is 1. The maximum absolute atomic E-state index is 12.3. The van der Waals surface area contributed by atoms with E-state index in [0.717, 1.165) is 12.2 Å². The number of nitrogens with zero attached hydrogens (tertiary/aromatic N) is 1. The van der Waals surface area contributed by atoms with Crippen molar-refractivity contribution in [1.29, 1.82) is 0 Å². The molecule has 19 heavy (non-hydrogen) atoms. The molecule has 0 saturated carbocycles. The Labute approximate surface area is 114 Å². The molecule has 1 amide bonds. The van der Waals surface area contributed by atoms with Gasteiger partial charge in [0.05, 0.1) is 5.60 Å². The van der Waals surface area contributed by atoms with Crippen LogP contribution in [0.25, 0.3) is 0 Å². The number of likely N-dealkylation sites (tertiary alicyclic amines) is 1. The minimum atomic E-state index is -0.619. The Morgan fingerprint density at radius 2 is 1.89 bits per heavy atom. The predicted molar refractivity (Wildman–Crippen MR) is 76.4 cm³/mol. The maximum atomic E-state index is 12.3. The zero-order valence-electron chi connectivity index (χ0n) is 11.6. The first-order chi connectivity index (χ1) is 9.02. The van der Waals surface area contributed by atoms with Crippen LogP contribution in [0, 0.1) is 0 Å². The molecule has 0 radical (unpaired) electrons. The Morgan fingerprint density at radius 1 is 1.32 bits per heavy atom. The second-order valence-electron chi connectivity index (χ2n) is 5.40. The molecule has 0 bridgehead atoms. The zero-order chi connectivity index (χ0) is 13.9. The van der Waals surface area contributed by atoms with Gasteiger partial charge in [-0.2, -0.15) is 0 Å². The highest BCUT2D eigenvalue weighted by Crippen LogP contribution is 2.22. The van der Waals surface area contributed by atoms with Crippen molar-refractivity contribution in [1.82, 2.24) is 4.90 Å². The molecule has 4 nitrogen and oxygen atoms in total. The average Bonchev–Trinajstić information content (AvgIpc) is 2.39. The summed E-state index contributed by atoms with van der Waals surface area (Å²) in [6.07, 6.45) is 1.29. The summed E-state index contributed by atoms with van der Waals surface area (Å²) >= 11 is 0. The van der Waals surface area contributed by atoms with Gasteiger partial charge >= 0.3 is 0 Å². The summed E-state index contributed by atoms with van der Waals surface area (Å²) in [4.78, 5) is 14.1. The summed E-state index contributed by atoms with van der Waals surface area (Å²) in [6.45, 7) is 5.99. The molecule has 1 saturated heterocycles. The second-order valence-corrected chi connectivity index (χ2v) is 5.40. The Balaban J connectivity index is 2.00. The van der Waals surface area contributed by atoms with Gasteiger partial charge < -0.3 is 15.3 Å². The van der Waals surface area contributed by atoms with E-state index in [1.165, 1.54) is 0 Å². The second kappa shape index (κ2) is 5.61. The molecule has 2 N–H and O–H groups in total. The number of carbonyl (C=O) groups is 1. The lowest BCUT2D eigenvalue weighted by molar-refractivity contribution is -0.00202. The van der Waals surface area contributed by atoms with E-state index < -0.39 is 5.60 Å². The van der Waals surface area contributed by atoms with Gasteiger partial charge in [-0.15, -0.1) is 0 Å². The number of amides is 1. The smallest absolute Gasteiger partial charge is 0.253 e. The van der Waals surface area contributed by atoms with Crippen LogP contribution in [0.15, 0.2) is 24.3 Å². The first kappa shape index (κ1) is 13.9. The number of rotatable bonds is 3. The van der Waals surface area contributed by atoms with Crippen LogP contribution in [0.1, 0.15) is 37.0 Å². The van der Waals surface area contributed by atoms with E-state index in [0.29, 0.717) is 31.5 Å². The van der Waals surface area contributed by atoms with Crippen molar-refractivity contribution in [2.75, 3.05) is 25.0 Å². The van der Waals surface area contributed by atoms with E-state index in [1.54, 1.807) is 0 Å². The van der Waals surface area contributed by atoms with Crippen LogP contribution in [0.4, 0.5) is 5.69 Å². The highest BCUT2D eigenvalue weighted by atomic mass is 16.3. The Bertz CT molecular complexity index is 430. The largest absolute Gasteiger partial charge is 0.390 e. The van der Waals surface area contributed by atoms with Crippen molar-refractivity contribution in [3.63, 3.8) is 0 Å². The molecule has 1 aliphatic heterocycles. The number of benzene rings is 1. The summed E-state index contributed by atoms with van der Waals surface area (Å²) in [5, 5.41) is 13.1. The van der Waals surface area contributed by atoms with Gasteiger partial charge in [0.1, 0.15) is 0 Å². The highest BCUT2D eigenvalue weighted by molar-refractivity contribution is 5.94. The molecule has 0 unspecified atom stereocenters. The monoisotopic (exact) mass is 262 g/mol. The fourth-order valence-corrected chi connectivity index (χ4v) is 2.31. The zero-order valence-corrected chi connectivity index (χ0v) is 11.6. The minimum Gasteiger partial charge on any atom is -0.390 e. The van der Waals surface area contributed by atoms with Crippen LogP contribution < -0.4 is 5.32 Å². The molecule has 0 spiro atoms. The summed E-state index contributed by atoms with van der Waals surface area (Å²) < 4.78 is 0. The van der Waals surface area contributed by atoms with Gasteiger partial charge in [-0.3, -0.25) is 4.79 Å². The molecular formula is C15H22N2O2. The maximum Gasteiger partial charge on any atom is 0.253 e. The van der Waals surface area contributed by atoms with Crippen molar-refractivity contribution in [2.45, 2.75) is 32.3 Å². The van der Waals surface area contributed by atoms with Gasteiger partial charge in [-0.25, -0.2) is 0 Å². The molecule has 0 aliphatic carbocycles. The lowest BCUT2D eigenvalue weighted by Gasteiger charge is -2.35. The number of nitrogens with one attached hydrogen (secondary N) is 1. The van der Waals surface area contributed by atoms with E-state index in [9.17, 15) is 9.90 Å². The molecule has 104 valence electrons. The molecular weight excluding hydrogens is 240 g/mol. The molecule has 2 rings (SSSR count). The molecule has 0 aromatic heterocycles. The number of hydrogen-bond acceptors (Lipinski definition) is 3. The van der Waals surface area contributed by atoms with Gasteiger partial charge in [0, 0.05) is 30.9 Å². The van der Waals surface area contributed by atoms with Crippen molar-refractivity contribution < 1.29 is 9.90 Å². The van der Waals surface area contributed by atoms with Crippen molar-refractivity contribution >= 4 is 11.6 Å². The fraction of sp³-hybridized carbons (Fsp3) is 0.533. The normalized spacial score (nSPS) is 18.2. The van der Waals surface area contributed by atoms with Crippen LogP contribution >= 0.6 is 0 Å². The molecule has 1 heterocycles. The van der Waals surface area contributed by atoms with Crippen molar-refractivity contribution in [2.24, 2.45) is 0 Å². The van der Waals surface area contributed by atoms with Gasteiger partial charge in [-0.05, 0) is 51.0 Å². The van der Waals surface area contributed by atoms with Gasteiger partial charge in [0.15, 0.2) is 0 Å². The van der Waals surface area contributed by atoms with Crippen molar-refractivity contribution in [3.8, 4) is 0 Å². The average molecular weight is 262 g/mol. The van der Waals surface area contributed by atoms with Gasteiger partial charge in [0.2, 0.25) is 0 Å². The Morgan fingerprint density at radius 3 is 2.42 bits per heavy atom. The van der Waals surface area contributed by atoms with Crippen LogP contribution in [0.2, 0.25) is 0 Å². The molecule has 1 aromatic carbocycles. The number of hydrogen-bond donors (Lipinski definition) is 2. The molecule has 0 atom stereocenters. The van der Waals surface area contributed by atoms with E-state index in [-0.39, 0.29) is 5.91 Å². The van der Waals surface area contributed by atoms with Gasteiger partial charge in [-0.1, -0.05) is 0 Å². The van der Waals surface area contributed by atoms with Crippen LogP contribution in [0.3, 0.4) is 0 Å². The lowest BCUT2D eigenvalue weighted by Crippen LogP contribution is -2.45. The summed E-state index contributed by atoms with van der Waals surface area (Å²) in [6, 6.07) is 7.56. The summed E-state index contributed by atoms with van der Waals surface area (Å²) in [5.41, 5.74) is 1.12. The third-order valence-corrected chi connectivity index (χ3v) is 3.64. The first-order valence-electron chi connectivity index (χ1n) is 6.87. The standard InChI is InChI=1S/C15H22N2O2/c1-3-16-13-6-4-12(5-7-13)14(18)17-10-8-15(2,19)9-11-17/h4-7,16,19H,3,8-11H2,1-2H3. The Kier molecular flexibility index (Phi) is 4.10. The molecule has 1 fully saturated rings. The van der Waals surface area contributed by atoms with E-state index in [1.807, 2.05) is 43.0 Å². The first-order valence-corrected chi connectivity index (χ1v) is 6.87. The third kappa shape index (κ3) is 3.47. The Hall–Kier alpha value is -1.55. The van der Waals surface area contributed by atoms with E-state index >= 15 is 0 Å². The van der Waals surface area contributed by atoms with E-state index in [2.05, 4.69) is 5.32 Å². The minimum absolute atomic E-state index is 0.0542. The molecule has 4 heteroatoms. The highest BCUT2D eigenvalue weighted by Gasteiger charge is 2.29. The lowest BCUT2D eigenvalue weighted by atomic mass is 9.93. The van der Waals surface area contributed by atoms with E-state index in [4.69, 9.17) is 0 Å².